The van der Waals surface area contributed by atoms with Gasteiger partial charge in [-0.05, 0) is 30.7 Å². The van der Waals surface area contributed by atoms with Gasteiger partial charge < -0.3 is 10.2 Å². The molecule has 0 radical (unpaired) electrons. The van der Waals surface area contributed by atoms with E-state index in [-0.39, 0.29) is 16.8 Å². The van der Waals surface area contributed by atoms with E-state index in [1.165, 1.54) is 16.4 Å². The lowest BCUT2D eigenvalue weighted by Gasteiger charge is -2.29. The van der Waals surface area contributed by atoms with Crippen molar-refractivity contribution in [3.63, 3.8) is 0 Å². The summed E-state index contributed by atoms with van der Waals surface area (Å²) in [6.45, 7) is 1.18. The molecule has 3 rings (SSSR count). The number of hydrogen-bond donors (Lipinski definition) is 1. The second-order valence-corrected chi connectivity index (χ2v) is 6.17. The van der Waals surface area contributed by atoms with Crippen LogP contribution in [-0.4, -0.2) is 36.0 Å². The first-order valence-electron chi connectivity index (χ1n) is 5.77. The van der Waals surface area contributed by atoms with Crippen LogP contribution in [0.25, 0.3) is 11.5 Å². The van der Waals surface area contributed by atoms with Gasteiger partial charge >= 0.3 is 6.01 Å². The van der Waals surface area contributed by atoms with Crippen molar-refractivity contribution in [3.05, 3.63) is 24.3 Å². The highest BCUT2D eigenvalue weighted by molar-refractivity contribution is 7.89. The Morgan fingerprint density at radius 1 is 1.16 bits per heavy atom. The summed E-state index contributed by atoms with van der Waals surface area (Å²) in [5.41, 5.74) is 5.97. The van der Waals surface area contributed by atoms with Gasteiger partial charge in [0.1, 0.15) is 0 Å². The maximum absolute atomic E-state index is 12.1. The molecule has 2 aromatic rings. The zero-order chi connectivity index (χ0) is 13.5. The average molecular weight is 280 g/mol. The molecular formula is C11H12N4O3S. The van der Waals surface area contributed by atoms with Crippen LogP contribution in [0.4, 0.5) is 6.01 Å². The highest BCUT2D eigenvalue weighted by Crippen LogP contribution is 2.24. The normalized spacial score (nSPS) is 16.2. The number of anilines is 1. The Hall–Kier alpha value is -1.93. The molecule has 2 N–H and O–H groups in total. The molecule has 0 amide bonds. The van der Waals surface area contributed by atoms with E-state index < -0.39 is 10.0 Å². The van der Waals surface area contributed by atoms with Crippen LogP contribution in [-0.2, 0) is 10.0 Å². The fourth-order valence-corrected chi connectivity index (χ4v) is 3.31. The Bertz CT molecular complexity index is 689. The Morgan fingerprint density at radius 2 is 1.84 bits per heavy atom. The molecule has 0 unspecified atom stereocenters. The monoisotopic (exact) mass is 280 g/mol. The molecule has 7 nitrogen and oxygen atoms in total. The predicted molar refractivity (Wildman–Crippen MR) is 67.5 cm³/mol. The van der Waals surface area contributed by atoms with Gasteiger partial charge in [-0.2, -0.15) is 4.31 Å². The van der Waals surface area contributed by atoms with Crippen LogP contribution in [0.2, 0.25) is 0 Å². The second-order valence-electron chi connectivity index (χ2n) is 4.23. The lowest BCUT2D eigenvalue weighted by Crippen LogP contribution is -2.41. The topological polar surface area (TPSA) is 102 Å². The summed E-state index contributed by atoms with van der Waals surface area (Å²) in [4.78, 5) is 0.267. The minimum atomic E-state index is -3.35. The van der Waals surface area contributed by atoms with Crippen LogP contribution in [0.15, 0.2) is 33.6 Å². The number of benzene rings is 1. The van der Waals surface area contributed by atoms with Gasteiger partial charge in [-0.15, -0.1) is 5.10 Å². The molecule has 0 atom stereocenters. The molecule has 1 aliphatic heterocycles. The summed E-state index contributed by atoms with van der Waals surface area (Å²) in [6, 6.07) is 6.29. The minimum Gasteiger partial charge on any atom is -0.404 e. The quantitative estimate of drug-likeness (QED) is 0.888. The first kappa shape index (κ1) is 12.1. The Balaban J connectivity index is 1.90. The molecule has 1 fully saturated rings. The molecule has 1 saturated heterocycles. The SMILES string of the molecule is Nc1nnc(-c2ccc(S(=O)(=O)N3CCC3)cc2)o1. The summed E-state index contributed by atoms with van der Waals surface area (Å²) in [6.07, 6.45) is 0.915. The highest BCUT2D eigenvalue weighted by atomic mass is 32.2. The molecule has 1 aromatic heterocycles. The molecular weight excluding hydrogens is 268 g/mol. The number of nitrogens with zero attached hydrogens (tertiary/aromatic N) is 3. The molecule has 0 spiro atoms. The molecule has 100 valence electrons. The maximum Gasteiger partial charge on any atom is 0.313 e. The van der Waals surface area contributed by atoms with Crippen molar-refractivity contribution in [1.29, 1.82) is 0 Å². The molecule has 0 aliphatic carbocycles. The fraction of sp³-hybridized carbons (Fsp3) is 0.273. The van der Waals surface area contributed by atoms with E-state index in [1.807, 2.05) is 0 Å². The zero-order valence-electron chi connectivity index (χ0n) is 9.98. The van der Waals surface area contributed by atoms with Crippen molar-refractivity contribution in [2.75, 3.05) is 18.8 Å². The van der Waals surface area contributed by atoms with Crippen LogP contribution in [0.1, 0.15) is 6.42 Å². The van der Waals surface area contributed by atoms with Crippen molar-refractivity contribution in [2.45, 2.75) is 11.3 Å². The van der Waals surface area contributed by atoms with E-state index in [9.17, 15) is 8.42 Å². The van der Waals surface area contributed by atoms with Gasteiger partial charge in [-0.25, -0.2) is 8.42 Å². The molecule has 19 heavy (non-hydrogen) atoms. The smallest absolute Gasteiger partial charge is 0.313 e. The lowest BCUT2D eigenvalue weighted by atomic mass is 10.2. The van der Waals surface area contributed by atoms with E-state index in [1.54, 1.807) is 12.1 Å². The lowest BCUT2D eigenvalue weighted by molar-refractivity contribution is 0.309. The molecule has 2 heterocycles. The van der Waals surface area contributed by atoms with Crippen molar-refractivity contribution >= 4 is 16.0 Å². The van der Waals surface area contributed by atoms with E-state index in [4.69, 9.17) is 10.2 Å². The third kappa shape index (κ3) is 2.08. The molecule has 0 bridgehead atoms. The van der Waals surface area contributed by atoms with Crippen molar-refractivity contribution in [3.8, 4) is 11.5 Å². The number of aromatic nitrogens is 2. The van der Waals surface area contributed by atoms with Gasteiger partial charge in [0.25, 0.3) is 0 Å². The van der Waals surface area contributed by atoms with E-state index in [0.717, 1.165) is 6.42 Å². The first-order chi connectivity index (χ1) is 9.07. The zero-order valence-corrected chi connectivity index (χ0v) is 10.8. The number of nitrogen functional groups attached to an aromatic ring is 1. The Labute approximate surface area is 110 Å². The van der Waals surface area contributed by atoms with Crippen molar-refractivity contribution in [2.24, 2.45) is 0 Å². The average Bonchev–Trinajstić information content (AvgIpc) is 2.73. The largest absolute Gasteiger partial charge is 0.404 e. The Kier molecular flexibility index (Phi) is 2.76. The van der Waals surface area contributed by atoms with Gasteiger partial charge in [0.2, 0.25) is 15.9 Å². The van der Waals surface area contributed by atoms with Gasteiger partial charge in [-0.1, -0.05) is 5.10 Å². The van der Waals surface area contributed by atoms with Crippen molar-refractivity contribution < 1.29 is 12.8 Å². The van der Waals surface area contributed by atoms with Gasteiger partial charge in [-0.3, -0.25) is 0 Å². The fourth-order valence-electron chi connectivity index (χ4n) is 1.80. The van der Waals surface area contributed by atoms with Crippen LogP contribution in [0.3, 0.4) is 0 Å². The summed E-state index contributed by atoms with van der Waals surface area (Å²) >= 11 is 0. The molecule has 1 aliphatic rings. The summed E-state index contributed by atoms with van der Waals surface area (Å²) in [7, 11) is -3.35. The molecule has 8 heteroatoms. The Morgan fingerprint density at radius 3 is 2.32 bits per heavy atom. The van der Waals surface area contributed by atoms with Crippen LogP contribution >= 0.6 is 0 Å². The number of rotatable bonds is 3. The van der Waals surface area contributed by atoms with Crippen molar-refractivity contribution in [1.82, 2.24) is 14.5 Å². The predicted octanol–water partition coefficient (Wildman–Crippen LogP) is 0.713. The first-order valence-corrected chi connectivity index (χ1v) is 7.21. The molecule has 1 aromatic carbocycles. The van der Waals surface area contributed by atoms with E-state index in [2.05, 4.69) is 10.2 Å². The third-order valence-electron chi connectivity index (χ3n) is 2.99. The number of hydrogen-bond acceptors (Lipinski definition) is 6. The maximum atomic E-state index is 12.1. The van der Waals surface area contributed by atoms with E-state index >= 15 is 0 Å². The summed E-state index contributed by atoms with van der Waals surface area (Å²) in [5.74, 6) is 0.269. The highest BCUT2D eigenvalue weighted by Gasteiger charge is 2.29. The minimum absolute atomic E-state index is 0.0210. The standard InChI is InChI=1S/C11H12N4O3S/c12-11-14-13-10(18-11)8-2-4-9(5-3-8)19(16,17)15-6-1-7-15/h2-5H,1,6-7H2,(H2,12,14). The number of sulfonamides is 1. The summed E-state index contributed by atoms with van der Waals surface area (Å²) < 4.78 is 30.8. The second kappa shape index (κ2) is 4.32. The van der Waals surface area contributed by atoms with Crippen LogP contribution < -0.4 is 5.73 Å². The summed E-state index contributed by atoms with van der Waals surface area (Å²) in [5, 5.41) is 7.29. The van der Waals surface area contributed by atoms with E-state index in [0.29, 0.717) is 18.7 Å². The van der Waals surface area contributed by atoms with Gasteiger partial charge in [0.05, 0.1) is 4.90 Å². The van der Waals surface area contributed by atoms with Gasteiger partial charge in [0, 0.05) is 18.7 Å². The van der Waals surface area contributed by atoms with Crippen LogP contribution in [0.5, 0.6) is 0 Å². The third-order valence-corrected chi connectivity index (χ3v) is 4.91. The van der Waals surface area contributed by atoms with Crippen LogP contribution in [0, 0.1) is 0 Å². The molecule has 0 saturated carbocycles. The van der Waals surface area contributed by atoms with Gasteiger partial charge in [0.15, 0.2) is 0 Å². The number of nitrogens with two attached hydrogens (primary N) is 1.